The number of esters is 1. The van der Waals surface area contributed by atoms with Crippen LogP contribution in [0.1, 0.15) is 12.5 Å². The van der Waals surface area contributed by atoms with Gasteiger partial charge in [0.25, 0.3) is 0 Å². The molecule has 1 aromatic carbocycles. The second-order valence-corrected chi connectivity index (χ2v) is 3.53. The van der Waals surface area contributed by atoms with E-state index in [1.165, 1.54) is 4.90 Å². The highest BCUT2D eigenvalue weighted by molar-refractivity contribution is 5.81. The fourth-order valence-corrected chi connectivity index (χ4v) is 1.39. The molecule has 0 aliphatic carbocycles. The first kappa shape index (κ1) is 13.0. The van der Waals surface area contributed by atoms with Gasteiger partial charge in [-0.05, 0) is 12.5 Å². The summed E-state index contributed by atoms with van der Waals surface area (Å²) in [4.78, 5) is 12.8. The van der Waals surface area contributed by atoms with Crippen molar-refractivity contribution in [2.75, 3.05) is 13.2 Å². The van der Waals surface area contributed by atoms with E-state index in [9.17, 15) is 4.79 Å². The third-order valence-electron chi connectivity index (χ3n) is 2.18. The second kappa shape index (κ2) is 6.52. The summed E-state index contributed by atoms with van der Waals surface area (Å²) in [5, 5.41) is 7.42. The van der Waals surface area contributed by atoms with E-state index in [0.29, 0.717) is 13.2 Å². The van der Waals surface area contributed by atoms with Gasteiger partial charge in [-0.3, -0.25) is 10.2 Å². The van der Waals surface area contributed by atoms with Crippen molar-refractivity contribution in [3.63, 3.8) is 0 Å². The molecule has 0 fully saturated rings. The van der Waals surface area contributed by atoms with Gasteiger partial charge in [0.15, 0.2) is 5.96 Å². The molecule has 0 heterocycles. The monoisotopic (exact) mass is 235 g/mol. The smallest absolute Gasteiger partial charge is 0.325 e. The van der Waals surface area contributed by atoms with Crippen molar-refractivity contribution < 1.29 is 9.53 Å². The second-order valence-electron chi connectivity index (χ2n) is 3.53. The molecule has 0 aromatic heterocycles. The molecule has 1 aromatic rings. The molecule has 0 amide bonds. The van der Waals surface area contributed by atoms with Crippen LogP contribution in [0.25, 0.3) is 0 Å². The highest BCUT2D eigenvalue weighted by atomic mass is 16.5. The maximum atomic E-state index is 11.3. The summed E-state index contributed by atoms with van der Waals surface area (Å²) in [6, 6.07) is 9.55. The van der Waals surface area contributed by atoms with Gasteiger partial charge in [-0.15, -0.1) is 0 Å². The number of rotatable bonds is 5. The minimum Gasteiger partial charge on any atom is -0.465 e. The van der Waals surface area contributed by atoms with Gasteiger partial charge >= 0.3 is 5.97 Å². The lowest BCUT2D eigenvalue weighted by Crippen LogP contribution is -2.40. The number of nitrogens with two attached hydrogens (primary N) is 1. The molecule has 0 spiro atoms. The minimum atomic E-state index is -0.376. The standard InChI is InChI=1S/C12H17N3O2/c1-2-17-11(16)9-15(12(13)14)8-10-6-4-3-5-7-10/h3-7H,2,8-9H2,1H3,(H3,13,14). The van der Waals surface area contributed by atoms with Crippen molar-refractivity contribution >= 4 is 11.9 Å². The summed E-state index contributed by atoms with van der Waals surface area (Å²) in [6.45, 7) is 2.50. The van der Waals surface area contributed by atoms with Crippen molar-refractivity contribution in [3.05, 3.63) is 35.9 Å². The van der Waals surface area contributed by atoms with E-state index < -0.39 is 0 Å². The van der Waals surface area contributed by atoms with E-state index in [4.69, 9.17) is 15.9 Å². The van der Waals surface area contributed by atoms with E-state index in [0.717, 1.165) is 5.56 Å². The molecule has 0 bridgehead atoms. The Morgan fingerprint density at radius 1 is 1.41 bits per heavy atom. The van der Waals surface area contributed by atoms with Crippen LogP contribution in [-0.4, -0.2) is 30.0 Å². The molecule has 0 aliphatic heterocycles. The summed E-state index contributed by atoms with van der Waals surface area (Å²) in [5.74, 6) is -0.513. The predicted octanol–water partition coefficient (Wildman–Crippen LogP) is 0.945. The van der Waals surface area contributed by atoms with Crippen molar-refractivity contribution in [2.24, 2.45) is 5.73 Å². The molecule has 0 aliphatic rings. The third kappa shape index (κ3) is 4.55. The molecule has 5 nitrogen and oxygen atoms in total. The number of carbonyl (C=O) groups is 1. The van der Waals surface area contributed by atoms with E-state index in [1.54, 1.807) is 6.92 Å². The Kier molecular flexibility index (Phi) is 5.00. The number of benzene rings is 1. The normalized spacial score (nSPS) is 9.71. The lowest BCUT2D eigenvalue weighted by molar-refractivity contribution is -0.143. The van der Waals surface area contributed by atoms with E-state index in [-0.39, 0.29) is 18.5 Å². The summed E-state index contributed by atoms with van der Waals surface area (Å²) in [5.41, 5.74) is 6.42. The summed E-state index contributed by atoms with van der Waals surface area (Å²) in [6.07, 6.45) is 0. The molecule has 5 heteroatoms. The number of nitrogens with one attached hydrogen (secondary N) is 1. The van der Waals surface area contributed by atoms with Crippen LogP contribution in [0.4, 0.5) is 0 Å². The molecular formula is C12H17N3O2. The van der Waals surface area contributed by atoms with E-state index in [2.05, 4.69) is 0 Å². The van der Waals surface area contributed by atoms with Gasteiger partial charge in [-0.2, -0.15) is 0 Å². The van der Waals surface area contributed by atoms with Crippen molar-refractivity contribution in [2.45, 2.75) is 13.5 Å². The van der Waals surface area contributed by atoms with Gasteiger partial charge < -0.3 is 15.4 Å². The first-order valence-electron chi connectivity index (χ1n) is 5.42. The molecule has 0 atom stereocenters. The Morgan fingerprint density at radius 2 is 2.06 bits per heavy atom. The van der Waals surface area contributed by atoms with Crippen LogP contribution in [-0.2, 0) is 16.1 Å². The van der Waals surface area contributed by atoms with Gasteiger partial charge in [0.2, 0.25) is 0 Å². The molecule has 0 saturated heterocycles. The number of guanidine groups is 1. The molecule has 0 saturated carbocycles. The number of nitrogens with zero attached hydrogens (tertiary/aromatic N) is 1. The van der Waals surface area contributed by atoms with Crippen molar-refractivity contribution in [1.82, 2.24) is 4.90 Å². The lowest BCUT2D eigenvalue weighted by Gasteiger charge is -2.21. The van der Waals surface area contributed by atoms with E-state index in [1.807, 2.05) is 30.3 Å². The fourth-order valence-electron chi connectivity index (χ4n) is 1.39. The molecule has 0 unspecified atom stereocenters. The fraction of sp³-hybridized carbons (Fsp3) is 0.333. The number of carbonyl (C=O) groups excluding carboxylic acids is 1. The van der Waals surface area contributed by atoms with Crippen LogP contribution >= 0.6 is 0 Å². The van der Waals surface area contributed by atoms with Crippen molar-refractivity contribution in [3.8, 4) is 0 Å². The number of hydrogen-bond acceptors (Lipinski definition) is 3. The Hall–Kier alpha value is -2.04. The largest absolute Gasteiger partial charge is 0.465 e. The van der Waals surface area contributed by atoms with Crippen LogP contribution in [0.15, 0.2) is 30.3 Å². The van der Waals surface area contributed by atoms with Gasteiger partial charge in [0.05, 0.1) is 6.61 Å². The summed E-state index contributed by atoms with van der Waals surface area (Å²) < 4.78 is 4.83. The maximum absolute atomic E-state index is 11.3. The van der Waals surface area contributed by atoms with Crippen LogP contribution in [0.5, 0.6) is 0 Å². The van der Waals surface area contributed by atoms with Gasteiger partial charge in [0.1, 0.15) is 6.54 Å². The van der Waals surface area contributed by atoms with Gasteiger partial charge in [-0.25, -0.2) is 0 Å². The van der Waals surface area contributed by atoms with Crippen LogP contribution in [0, 0.1) is 5.41 Å². The van der Waals surface area contributed by atoms with Crippen LogP contribution in [0.3, 0.4) is 0 Å². The zero-order valence-electron chi connectivity index (χ0n) is 9.85. The molecule has 1 rings (SSSR count). The average molecular weight is 235 g/mol. The lowest BCUT2D eigenvalue weighted by atomic mass is 10.2. The van der Waals surface area contributed by atoms with Gasteiger partial charge in [0, 0.05) is 6.54 Å². The van der Waals surface area contributed by atoms with Gasteiger partial charge in [-0.1, -0.05) is 30.3 Å². The third-order valence-corrected chi connectivity index (χ3v) is 2.18. The number of hydrogen-bond donors (Lipinski definition) is 2. The zero-order valence-corrected chi connectivity index (χ0v) is 9.85. The first-order chi connectivity index (χ1) is 8.13. The molecule has 17 heavy (non-hydrogen) atoms. The van der Waals surface area contributed by atoms with E-state index >= 15 is 0 Å². The first-order valence-corrected chi connectivity index (χ1v) is 5.42. The van der Waals surface area contributed by atoms with Crippen LogP contribution in [0.2, 0.25) is 0 Å². The highest BCUT2D eigenvalue weighted by Gasteiger charge is 2.13. The maximum Gasteiger partial charge on any atom is 0.325 e. The summed E-state index contributed by atoms with van der Waals surface area (Å²) in [7, 11) is 0. The quantitative estimate of drug-likeness (QED) is 0.452. The Morgan fingerprint density at radius 3 is 2.59 bits per heavy atom. The minimum absolute atomic E-state index is 0.00192. The SMILES string of the molecule is CCOC(=O)CN(Cc1ccccc1)C(=N)N. The molecular weight excluding hydrogens is 218 g/mol. The molecule has 3 N–H and O–H groups in total. The predicted molar refractivity (Wildman–Crippen MR) is 65.4 cm³/mol. The topological polar surface area (TPSA) is 79.4 Å². The Balaban J connectivity index is 2.61. The number of ether oxygens (including phenoxy) is 1. The average Bonchev–Trinajstić information content (AvgIpc) is 2.29. The summed E-state index contributed by atoms with van der Waals surface area (Å²) >= 11 is 0. The van der Waals surface area contributed by atoms with Crippen LogP contribution < -0.4 is 5.73 Å². The van der Waals surface area contributed by atoms with Crippen molar-refractivity contribution in [1.29, 1.82) is 5.41 Å². The highest BCUT2D eigenvalue weighted by Crippen LogP contribution is 2.03. The molecule has 0 radical (unpaired) electrons. The molecule has 92 valence electrons. The Bertz CT molecular complexity index is 379. The Labute approximate surface area is 101 Å². The zero-order chi connectivity index (χ0) is 12.7.